The molecule has 2 fully saturated rings. The summed E-state index contributed by atoms with van der Waals surface area (Å²) < 4.78 is 14.4. The lowest BCUT2D eigenvalue weighted by atomic mass is 9.70. The highest BCUT2D eigenvalue weighted by atomic mass is 28.4. The Balaban J connectivity index is 1.26. The first-order chi connectivity index (χ1) is 27.9. The van der Waals surface area contributed by atoms with Crippen molar-refractivity contribution in [2.24, 2.45) is 17.3 Å². The number of nitrogens with zero attached hydrogens (tertiary/aromatic N) is 1. The molecule has 2 aliphatic rings. The smallest absolute Gasteiger partial charge is 0.261 e. The van der Waals surface area contributed by atoms with Gasteiger partial charge in [0.1, 0.15) is 0 Å². The normalized spacial score (nSPS) is 23.6. The Morgan fingerprint density at radius 2 is 1.21 bits per heavy atom. The summed E-state index contributed by atoms with van der Waals surface area (Å²) in [6, 6.07) is 56.6. The highest BCUT2D eigenvalue weighted by Crippen LogP contribution is 2.57. The van der Waals surface area contributed by atoms with Gasteiger partial charge in [-0.15, -0.1) is 0 Å². The van der Waals surface area contributed by atoms with E-state index in [1.54, 1.807) is 5.19 Å². The van der Waals surface area contributed by atoms with Crippen LogP contribution in [0, 0.1) is 17.3 Å². The summed E-state index contributed by atoms with van der Waals surface area (Å²) in [5, 5.41) is 4.24. The van der Waals surface area contributed by atoms with Crippen LogP contribution < -0.4 is 15.6 Å². The van der Waals surface area contributed by atoms with Gasteiger partial charge in [-0.3, -0.25) is 4.90 Å². The van der Waals surface area contributed by atoms with Crippen LogP contribution in [0.15, 0.2) is 152 Å². The van der Waals surface area contributed by atoms with Crippen molar-refractivity contribution >= 4 is 32.0 Å². The third-order valence-corrected chi connectivity index (χ3v) is 24.1. The highest BCUT2D eigenvalue weighted by Gasteiger charge is 2.57. The minimum absolute atomic E-state index is 0.0779. The van der Waals surface area contributed by atoms with Gasteiger partial charge >= 0.3 is 0 Å². The summed E-state index contributed by atoms with van der Waals surface area (Å²) in [6.45, 7) is 21.5. The van der Waals surface area contributed by atoms with E-state index in [1.165, 1.54) is 40.8 Å². The Morgan fingerprint density at radius 3 is 1.74 bits per heavy atom. The number of hydrogen-bond donors (Lipinski definition) is 0. The molecule has 5 aromatic carbocycles. The van der Waals surface area contributed by atoms with Gasteiger partial charge in [0.05, 0.1) is 14.7 Å². The second-order valence-corrected chi connectivity index (χ2v) is 28.4. The van der Waals surface area contributed by atoms with Crippen molar-refractivity contribution in [3.8, 4) is 0 Å². The van der Waals surface area contributed by atoms with Gasteiger partial charge in [-0.1, -0.05) is 204 Å². The van der Waals surface area contributed by atoms with Gasteiger partial charge < -0.3 is 9.16 Å². The molecule has 58 heavy (non-hydrogen) atoms. The molecule has 1 saturated carbocycles. The van der Waals surface area contributed by atoms with Crippen LogP contribution in [0.1, 0.15) is 77.8 Å². The Morgan fingerprint density at radius 1 is 0.707 bits per heavy atom. The fourth-order valence-corrected chi connectivity index (χ4v) is 19.9. The van der Waals surface area contributed by atoms with Crippen LogP contribution in [0.4, 0.5) is 0 Å². The zero-order valence-electron chi connectivity index (χ0n) is 36.4. The second kappa shape index (κ2) is 18.4. The van der Waals surface area contributed by atoms with Crippen molar-refractivity contribution in [3.63, 3.8) is 0 Å². The van der Waals surface area contributed by atoms with E-state index in [2.05, 4.69) is 204 Å². The van der Waals surface area contributed by atoms with Crippen LogP contribution in [-0.2, 0) is 22.3 Å². The molecule has 7 rings (SSSR count). The van der Waals surface area contributed by atoms with Gasteiger partial charge in [0.15, 0.2) is 0 Å². The van der Waals surface area contributed by atoms with Crippen molar-refractivity contribution in [2.45, 2.75) is 116 Å². The van der Waals surface area contributed by atoms with Gasteiger partial charge in [-0.25, -0.2) is 0 Å². The third-order valence-electron chi connectivity index (χ3n) is 14.6. The van der Waals surface area contributed by atoms with E-state index in [4.69, 9.17) is 9.16 Å². The van der Waals surface area contributed by atoms with E-state index in [-0.39, 0.29) is 16.6 Å². The highest BCUT2D eigenvalue weighted by molar-refractivity contribution is 6.99. The zero-order chi connectivity index (χ0) is 40.8. The molecular formula is C53H69NO2Si2. The number of hydrogen-bond acceptors (Lipinski definition) is 3. The molecule has 1 heterocycles. The fraction of sp³-hybridized carbons (Fsp3) is 0.434. The molecule has 0 spiro atoms. The first-order valence-corrected chi connectivity index (χ1v) is 27.2. The molecule has 0 aromatic heterocycles. The molecule has 1 aliphatic heterocycles. The van der Waals surface area contributed by atoms with E-state index >= 15 is 0 Å². The standard InChI is InChI=1S/C53H69NO2Si2/c1-42(56-58(52(2,3)4,47-31-19-11-20-32-47)48-33-21-12-22-34-48)49-38-51-53(5,36-35-50(49)57(6,7)46-29-17-10-18-30-46)45(40-54(51)39-43-24-13-8-14-25-43)28-23-37-55-41-44-26-15-9-16-27-44/h8-22,24-27,29-34,42,45,49-51H,23,28,35-41H2,1-7H3/t42-,45-,49-,50+,51-,53-/m1/s1. The topological polar surface area (TPSA) is 21.7 Å². The Hall–Kier alpha value is -3.59. The summed E-state index contributed by atoms with van der Waals surface area (Å²) in [5.41, 5.74) is 3.47. The molecular weight excluding hydrogens is 739 g/mol. The Kier molecular flexibility index (Phi) is 13.5. The molecule has 1 aliphatic carbocycles. The predicted molar refractivity (Wildman–Crippen MR) is 250 cm³/mol. The molecule has 306 valence electrons. The van der Waals surface area contributed by atoms with E-state index in [0.717, 1.165) is 32.5 Å². The molecule has 0 radical (unpaired) electrons. The molecule has 3 nitrogen and oxygen atoms in total. The predicted octanol–water partition coefficient (Wildman–Crippen LogP) is 11.2. The molecule has 6 atom stereocenters. The Labute approximate surface area is 353 Å². The average molecular weight is 808 g/mol. The first-order valence-electron chi connectivity index (χ1n) is 22.2. The van der Waals surface area contributed by atoms with Crippen molar-refractivity contribution in [1.29, 1.82) is 0 Å². The summed E-state index contributed by atoms with van der Waals surface area (Å²) in [7, 11) is -4.77. The Bertz CT molecular complexity index is 1950. The number of fused-ring (bicyclic) bond motifs is 1. The molecule has 0 bridgehead atoms. The minimum atomic E-state index is -2.79. The maximum Gasteiger partial charge on any atom is 0.261 e. The van der Waals surface area contributed by atoms with Crippen LogP contribution >= 0.6 is 0 Å². The lowest BCUT2D eigenvalue weighted by molar-refractivity contribution is 0.0813. The van der Waals surface area contributed by atoms with E-state index in [0.29, 0.717) is 30.0 Å². The van der Waals surface area contributed by atoms with Crippen molar-refractivity contribution in [3.05, 3.63) is 163 Å². The van der Waals surface area contributed by atoms with Crippen molar-refractivity contribution < 1.29 is 9.16 Å². The molecule has 0 N–H and O–H groups in total. The van der Waals surface area contributed by atoms with Crippen molar-refractivity contribution in [1.82, 2.24) is 4.90 Å². The first kappa shape index (κ1) is 42.5. The summed E-state index contributed by atoms with van der Waals surface area (Å²) >= 11 is 0. The van der Waals surface area contributed by atoms with Gasteiger partial charge in [-0.05, 0) is 81.9 Å². The van der Waals surface area contributed by atoms with Crippen LogP contribution in [0.3, 0.4) is 0 Å². The maximum absolute atomic E-state index is 8.15. The lowest BCUT2D eigenvalue weighted by Gasteiger charge is -2.48. The van der Waals surface area contributed by atoms with Crippen LogP contribution in [0.5, 0.6) is 0 Å². The van der Waals surface area contributed by atoms with Gasteiger partial charge in [-0.2, -0.15) is 0 Å². The van der Waals surface area contributed by atoms with E-state index in [9.17, 15) is 0 Å². The quantitative estimate of drug-likeness (QED) is 0.0777. The minimum Gasteiger partial charge on any atom is -0.404 e. The second-order valence-electron chi connectivity index (χ2n) is 19.4. The molecule has 0 unspecified atom stereocenters. The fourth-order valence-electron chi connectivity index (χ4n) is 11.4. The monoisotopic (exact) mass is 807 g/mol. The zero-order valence-corrected chi connectivity index (χ0v) is 38.4. The van der Waals surface area contributed by atoms with E-state index in [1.807, 2.05) is 0 Å². The largest absolute Gasteiger partial charge is 0.404 e. The summed E-state index contributed by atoms with van der Waals surface area (Å²) in [6.07, 6.45) is 6.06. The third kappa shape index (κ3) is 8.95. The van der Waals surface area contributed by atoms with Gasteiger partial charge in [0.25, 0.3) is 8.32 Å². The number of rotatable bonds is 15. The SMILES string of the molecule is C[C@@H](O[Si](c1ccccc1)(c1ccccc1)C(C)(C)C)[C@H]1C[C@H]2N(Cc3ccccc3)C[C@@H](CCCOCc3ccccc3)[C@@]2(C)CC[C@@H]1[Si](C)(C)c1ccccc1. The number of ether oxygens (including phenoxy) is 1. The maximum atomic E-state index is 8.15. The molecule has 1 saturated heterocycles. The summed E-state index contributed by atoms with van der Waals surface area (Å²) in [4.78, 5) is 2.91. The summed E-state index contributed by atoms with van der Waals surface area (Å²) in [5.74, 6) is 1.04. The van der Waals surface area contributed by atoms with E-state index < -0.39 is 16.4 Å². The lowest BCUT2D eigenvalue weighted by Crippen LogP contribution is -2.68. The number of benzene rings is 5. The molecule has 0 amide bonds. The van der Waals surface area contributed by atoms with Crippen LogP contribution in [0.2, 0.25) is 23.7 Å². The van der Waals surface area contributed by atoms with Gasteiger partial charge in [0.2, 0.25) is 0 Å². The number of likely N-dealkylation sites (tertiary alicyclic amines) is 1. The molecule has 5 heteroatoms. The van der Waals surface area contributed by atoms with Crippen LogP contribution in [-0.4, -0.2) is 46.6 Å². The molecule has 5 aromatic rings. The average Bonchev–Trinajstić information content (AvgIpc) is 3.37. The van der Waals surface area contributed by atoms with Crippen molar-refractivity contribution in [2.75, 3.05) is 13.2 Å². The van der Waals surface area contributed by atoms with Gasteiger partial charge in [0, 0.05) is 31.8 Å². The van der Waals surface area contributed by atoms with Crippen LogP contribution in [0.25, 0.3) is 0 Å².